The molecule has 0 aliphatic carbocycles. The van der Waals surface area contributed by atoms with E-state index in [1.165, 1.54) is 0 Å². The Bertz CT molecular complexity index is 643. The van der Waals surface area contributed by atoms with E-state index in [0.29, 0.717) is 0 Å². The number of nitrogens with zero attached hydrogens (tertiary/aromatic N) is 2. The lowest BCUT2D eigenvalue weighted by Gasteiger charge is -2.03. The van der Waals surface area contributed by atoms with Gasteiger partial charge in [-0.15, -0.1) is 0 Å². The van der Waals surface area contributed by atoms with E-state index in [9.17, 15) is 0 Å². The number of aromatic amines is 1. The molecule has 17 heavy (non-hydrogen) atoms. The van der Waals surface area contributed by atoms with E-state index < -0.39 is 0 Å². The topological polar surface area (TPSA) is 53.6 Å². The van der Waals surface area contributed by atoms with Crippen LogP contribution in [0.4, 0.5) is 5.82 Å². The van der Waals surface area contributed by atoms with Crippen molar-refractivity contribution in [2.45, 2.75) is 0 Å². The monoisotopic (exact) mass is 224 g/mol. The quantitative estimate of drug-likeness (QED) is 0.703. The van der Waals surface area contributed by atoms with Gasteiger partial charge in [0.2, 0.25) is 0 Å². The number of nitrogens with one attached hydrogen (secondary N) is 2. The number of fused-ring (bicyclic) bond motifs is 1. The second-order valence-corrected chi connectivity index (χ2v) is 3.76. The number of benzene rings is 1. The van der Waals surface area contributed by atoms with Crippen LogP contribution in [-0.4, -0.2) is 22.0 Å². The summed E-state index contributed by atoms with van der Waals surface area (Å²) in [5.74, 6) is 0.843. The van der Waals surface area contributed by atoms with Crippen LogP contribution in [0.5, 0.6) is 0 Å². The van der Waals surface area contributed by atoms with Crippen molar-refractivity contribution < 1.29 is 0 Å². The highest BCUT2D eigenvalue weighted by molar-refractivity contribution is 6.00. The van der Waals surface area contributed by atoms with Crippen molar-refractivity contribution in [1.29, 1.82) is 0 Å². The van der Waals surface area contributed by atoms with Crippen LogP contribution in [0.3, 0.4) is 0 Å². The molecule has 0 fully saturated rings. The lowest BCUT2D eigenvalue weighted by molar-refractivity contribution is 1.19. The third-order valence-electron chi connectivity index (χ3n) is 2.79. The molecule has 3 rings (SSSR count). The SMILES string of the molecule is CNc1ncnc2[nH]cc(-c3ccccc3)c12. The predicted octanol–water partition coefficient (Wildman–Crippen LogP) is 2.67. The first-order valence-electron chi connectivity index (χ1n) is 5.45. The van der Waals surface area contributed by atoms with E-state index >= 15 is 0 Å². The fourth-order valence-electron chi connectivity index (χ4n) is 2.00. The maximum atomic E-state index is 4.24. The minimum absolute atomic E-state index is 0.843. The van der Waals surface area contributed by atoms with Crippen molar-refractivity contribution in [3.63, 3.8) is 0 Å². The fourth-order valence-corrected chi connectivity index (χ4v) is 2.00. The fraction of sp³-hybridized carbons (Fsp3) is 0.0769. The molecule has 0 atom stereocenters. The smallest absolute Gasteiger partial charge is 0.143 e. The van der Waals surface area contributed by atoms with Gasteiger partial charge in [-0.25, -0.2) is 9.97 Å². The Morgan fingerprint density at radius 1 is 1.12 bits per heavy atom. The third kappa shape index (κ3) is 1.54. The molecule has 0 amide bonds. The lowest BCUT2D eigenvalue weighted by atomic mass is 10.1. The summed E-state index contributed by atoms with van der Waals surface area (Å²) in [6.45, 7) is 0. The van der Waals surface area contributed by atoms with Gasteiger partial charge in [0.05, 0.1) is 5.39 Å². The molecule has 0 radical (unpaired) electrons. The van der Waals surface area contributed by atoms with Gasteiger partial charge < -0.3 is 10.3 Å². The number of anilines is 1. The molecule has 0 unspecified atom stereocenters. The highest BCUT2D eigenvalue weighted by Crippen LogP contribution is 2.31. The molecule has 0 saturated carbocycles. The molecule has 4 nitrogen and oxygen atoms in total. The molecule has 1 aromatic carbocycles. The zero-order valence-corrected chi connectivity index (χ0v) is 9.44. The number of hydrogen-bond acceptors (Lipinski definition) is 3. The molecule has 2 N–H and O–H groups in total. The molecule has 0 aliphatic rings. The summed E-state index contributed by atoms with van der Waals surface area (Å²) in [5, 5.41) is 4.12. The first kappa shape index (κ1) is 9.84. The maximum absolute atomic E-state index is 4.24. The highest BCUT2D eigenvalue weighted by Gasteiger charge is 2.10. The van der Waals surface area contributed by atoms with Crippen LogP contribution in [0.15, 0.2) is 42.9 Å². The zero-order chi connectivity index (χ0) is 11.7. The average Bonchev–Trinajstić information content (AvgIpc) is 2.83. The van der Waals surface area contributed by atoms with Crippen LogP contribution in [0.2, 0.25) is 0 Å². The van der Waals surface area contributed by atoms with Gasteiger partial charge >= 0.3 is 0 Å². The van der Waals surface area contributed by atoms with E-state index in [4.69, 9.17) is 0 Å². The lowest BCUT2D eigenvalue weighted by Crippen LogP contribution is -1.94. The largest absolute Gasteiger partial charge is 0.372 e. The van der Waals surface area contributed by atoms with E-state index in [0.717, 1.165) is 28.0 Å². The normalized spacial score (nSPS) is 10.6. The molecule has 3 aromatic rings. The molecule has 0 aliphatic heterocycles. The van der Waals surface area contributed by atoms with Crippen molar-refractivity contribution in [2.24, 2.45) is 0 Å². The van der Waals surface area contributed by atoms with Crippen LogP contribution < -0.4 is 5.32 Å². The van der Waals surface area contributed by atoms with Gasteiger partial charge in [0.15, 0.2) is 0 Å². The minimum atomic E-state index is 0.843. The Balaban J connectivity index is 2.31. The summed E-state index contributed by atoms with van der Waals surface area (Å²) in [6, 6.07) is 10.2. The number of aromatic nitrogens is 3. The summed E-state index contributed by atoms with van der Waals surface area (Å²) in [4.78, 5) is 11.6. The second-order valence-electron chi connectivity index (χ2n) is 3.76. The van der Waals surface area contributed by atoms with Crippen LogP contribution in [0.25, 0.3) is 22.2 Å². The molecule has 0 bridgehead atoms. The molecule has 2 heterocycles. The van der Waals surface area contributed by atoms with Crippen LogP contribution in [-0.2, 0) is 0 Å². The summed E-state index contributed by atoms with van der Waals surface area (Å²) in [7, 11) is 1.86. The number of H-pyrrole nitrogens is 1. The maximum Gasteiger partial charge on any atom is 0.143 e. The summed E-state index contributed by atoms with van der Waals surface area (Å²) >= 11 is 0. The van der Waals surface area contributed by atoms with Crippen molar-refractivity contribution >= 4 is 16.9 Å². The molecular weight excluding hydrogens is 212 g/mol. The standard InChI is InChI=1S/C13H12N4/c1-14-12-11-10(9-5-3-2-4-6-9)7-15-13(11)17-8-16-12/h2-8H,1H3,(H2,14,15,16,17). The second kappa shape index (κ2) is 3.90. The van der Waals surface area contributed by atoms with Gasteiger partial charge in [-0.2, -0.15) is 0 Å². The van der Waals surface area contributed by atoms with Gasteiger partial charge in [0.25, 0.3) is 0 Å². The third-order valence-corrected chi connectivity index (χ3v) is 2.79. The Morgan fingerprint density at radius 2 is 1.94 bits per heavy atom. The van der Waals surface area contributed by atoms with Gasteiger partial charge in [-0.05, 0) is 5.56 Å². The summed E-state index contributed by atoms with van der Waals surface area (Å²) in [5.41, 5.74) is 3.12. The highest BCUT2D eigenvalue weighted by atomic mass is 15.0. The molecule has 84 valence electrons. The molecule has 0 spiro atoms. The predicted molar refractivity (Wildman–Crippen MR) is 68.9 cm³/mol. The zero-order valence-electron chi connectivity index (χ0n) is 9.44. The van der Waals surface area contributed by atoms with Crippen LogP contribution in [0, 0.1) is 0 Å². The van der Waals surface area contributed by atoms with Crippen molar-refractivity contribution in [1.82, 2.24) is 15.0 Å². The van der Waals surface area contributed by atoms with Crippen molar-refractivity contribution in [3.05, 3.63) is 42.9 Å². The van der Waals surface area contributed by atoms with Crippen molar-refractivity contribution in [2.75, 3.05) is 12.4 Å². The van der Waals surface area contributed by atoms with Gasteiger partial charge in [0.1, 0.15) is 17.8 Å². The summed E-state index contributed by atoms with van der Waals surface area (Å²) < 4.78 is 0. The van der Waals surface area contributed by atoms with Crippen LogP contribution >= 0.6 is 0 Å². The first-order chi connectivity index (χ1) is 8.40. The Kier molecular flexibility index (Phi) is 2.26. The van der Waals surface area contributed by atoms with Crippen LogP contribution in [0.1, 0.15) is 0 Å². The summed E-state index contributed by atoms with van der Waals surface area (Å²) in [6.07, 6.45) is 3.52. The van der Waals surface area contributed by atoms with Gasteiger partial charge in [-0.3, -0.25) is 0 Å². The molecule has 2 aromatic heterocycles. The number of hydrogen-bond donors (Lipinski definition) is 2. The molecule has 4 heteroatoms. The average molecular weight is 224 g/mol. The number of rotatable bonds is 2. The van der Waals surface area contributed by atoms with Gasteiger partial charge in [0, 0.05) is 18.8 Å². The van der Waals surface area contributed by atoms with E-state index in [2.05, 4.69) is 32.4 Å². The Hall–Kier alpha value is -2.36. The Labute approximate surface area is 98.7 Å². The molecule has 0 saturated heterocycles. The van der Waals surface area contributed by atoms with Gasteiger partial charge in [-0.1, -0.05) is 30.3 Å². The minimum Gasteiger partial charge on any atom is -0.372 e. The van der Waals surface area contributed by atoms with E-state index in [-0.39, 0.29) is 0 Å². The van der Waals surface area contributed by atoms with E-state index in [1.807, 2.05) is 31.4 Å². The Morgan fingerprint density at radius 3 is 2.71 bits per heavy atom. The van der Waals surface area contributed by atoms with Crippen molar-refractivity contribution in [3.8, 4) is 11.1 Å². The first-order valence-corrected chi connectivity index (χ1v) is 5.45. The van der Waals surface area contributed by atoms with E-state index in [1.54, 1.807) is 6.33 Å². The molecular formula is C13H12N4.